The average molecular weight is 203 g/mol. The van der Waals surface area contributed by atoms with Crippen LogP contribution in [0.3, 0.4) is 0 Å². The van der Waals surface area contributed by atoms with Crippen LogP contribution < -0.4 is 0 Å². The molecular formula is C11H7ClN2. The zero-order valence-corrected chi connectivity index (χ0v) is 8.12. The Morgan fingerprint density at radius 3 is 2.50 bits per heavy atom. The Morgan fingerprint density at radius 2 is 1.93 bits per heavy atom. The van der Waals surface area contributed by atoms with Crippen LogP contribution in [0.15, 0.2) is 29.8 Å². The molecule has 0 unspecified atom stereocenters. The molecule has 0 heterocycles. The van der Waals surface area contributed by atoms with E-state index in [9.17, 15) is 0 Å². The molecule has 3 heteroatoms. The van der Waals surface area contributed by atoms with Crippen molar-refractivity contribution in [3.05, 3.63) is 41.0 Å². The molecule has 68 valence electrons. The van der Waals surface area contributed by atoms with E-state index >= 15 is 0 Å². The summed E-state index contributed by atoms with van der Waals surface area (Å²) in [7, 11) is 0. The Balaban J connectivity index is 3.16. The highest BCUT2D eigenvalue weighted by Gasteiger charge is 1.99. The van der Waals surface area contributed by atoms with Gasteiger partial charge in [-0.3, -0.25) is 0 Å². The lowest BCUT2D eigenvalue weighted by atomic mass is 10.1. The van der Waals surface area contributed by atoms with Crippen molar-refractivity contribution in [1.29, 1.82) is 10.5 Å². The predicted octanol–water partition coefficient (Wildman–Crippen LogP) is 2.86. The van der Waals surface area contributed by atoms with E-state index in [0.717, 1.165) is 11.1 Å². The molecule has 0 radical (unpaired) electrons. The van der Waals surface area contributed by atoms with Crippen molar-refractivity contribution in [2.24, 2.45) is 0 Å². The quantitative estimate of drug-likeness (QED) is 0.547. The highest BCUT2D eigenvalue weighted by molar-refractivity contribution is 6.17. The van der Waals surface area contributed by atoms with Gasteiger partial charge in [0.25, 0.3) is 0 Å². The highest BCUT2D eigenvalue weighted by atomic mass is 35.5. The number of hydrogen-bond donors (Lipinski definition) is 0. The molecule has 0 saturated carbocycles. The molecule has 0 spiro atoms. The van der Waals surface area contributed by atoms with Crippen LogP contribution in [-0.4, -0.2) is 0 Å². The smallest absolute Gasteiger partial charge is 0.130 e. The second-order valence-electron chi connectivity index (χ2n) is 2.61. The van der Waals surface area contributed by atoms with E-state index in [1.165, 1.54) is 6.08 Å². The minimum atomic E-state index is 0.0857. The fourth-order valence-electron chi connectivity index (χ4n) is 1.04. The number of halogens is 1. The van der Waals surface area contributed by atoms with Gasteiger partial charge in [-0.25, -0.2) is 0 Å². The molecule has 1 rings (SSSR count). The van der Waals surface area contributed by atoms with E-state index < -0.39 is 0 Å². The lowest BCUT2D eigenvalue weighted by molar-refractivity contribution is 1.38. The zero-order valence-electron chi connectivity index (χ0n) is 7.37. The fraction of sp³-hybridized carbons (Fsp3) is 0.0909. The maximum absolute atomic E-state index is 8.58. The van der Waals surface area contributed by atoms with Crippen molar-refractivity contribution < 1.29 is 0 Å². The first-order valence-electron chi connectivity index (χ1n) is 3.97. The number of alkyl halides is 1. The molecule has 0 saturated heterocycles. The first-order valence-corrected chi connectivity index (χ1v) is 4.51. The van der Waals surface area contributed by atoms with E-state index in [1.54, 1.807) is 0 Å². The molecule has 0 aliphatic heterocycles. The summed E-state index contributed by atoms with van der Waals surface area (Å²) in [5.41, 5.74) is 1.82. The lowest BCUT2D eigenvalue weighted by Crippen LogP contribution is -1.84. The van der Waals surface area contributed by atoms with Crippen LogP contribution >= 0.6 is 11.6 Å². The summed E-state index contributed by atoms with van der Waals surface area (Å²) in [5, 5.41) is 17.2. The highest BCUT2D eigenvalue weighted by Crippen LogP contribution is 2.14. The first kappa shape index (κ1) is 10.3. The van der Waals surface area contributed by atoms with Crippen LogP contribution in [0.1, 0.15) is 11.1 Å². The van der Waals surface area contributed by atoms with Crippen molar-refractivity contribution in [2.75, 3.05) is 0 Å². The molecule has 0 atom stereocenters. The van der Waals surface area contributed by atoms with Crippen LogP contribution in [0, 0.1) is 22.7 Å². The monoisotopic (exact) mass is 202 g/mol. The van der Waals surface area contributed by atoms with Gasteiger partial charge in [0, 0.05) is 5.88 Å². The second-order valence-corrected chi connectivity index (χ2v) is 2.88. The first-order chi connectivity index (χ1) is 6.81. The standard InChI is InChI=1S/C11H7ClN2/c12-6-11-4-2-1-3-10(11)5-9(7-13)8-14/h1-5H,6H2. The molecule has 2 nitrogen and oxygen atoms in total. The summed E-state index contributed by atoms with van der Waals surface area (Å²) in [6.45, 7) is 0. The van der Waals surface area contributed by atoms with E-state index in [0.29, 0.717) is 5.88 Å². The minimum absolute atomic E-state index is 0.0857. The lowest BCUT2D eigenvalue weighted by Gasteiger charge is -2.00. The molecule has 0 amide bonds. The zero-order chi connectivity index (χ0) is 10.4. The normalized spacial score (nSPS) is 8.50. The van der Waals surface area contributed by atoms with Gasteiger partial charge in [0.05, 0.1) is 0 Å². The molecule has 1 aromatic rings. The topological polar surface area (TPSA) is 47.6 Å². The van der Waals surface area contributed by atoms with Gasteiger partial charge in [-0.15, -0.1) is 11.6 Å². The SMILES string of the molecule is N#CC(C#N)=Cc1ccccc1CCl. The van der Waals surface area contributed by atoms with Crippen LogP contribution in [-0.2, 0) is 5.88 Å². The van der Waals surface area contributed by atoms with Crippen molar-refractivity contribution in [1.82, 2.24) is 0 Å². The van der Waals surface area contributed by atoms with Crippen LogP contribution in [0.25, 0.3) is 6.08 Å². The molecule has 14 heavy (non-hydrogen) atoms. The van der Waals surface area contributed by atoms with Gasteiger partial charge in [0.15, 0.2) is 0 Å². The third-order valence-corrected chi connectivity index (χ3v) is 2.03. The number of benzene rings is 1. The minimum Gasteiger partial charge on any atom is -0.192 e. The Labute approximate surface area is 87.7 Å². The summed E-state index contributed by atoms with van der Waals surface area (Å²) in [4.78, 5) is 0. The summed E-state index contributed by atoms with van der Waals surface area (Å²) in [5.74, 6) is 0.372. The van der Waals surface area contributed by atoms with E-state index in [1.807, 2.05) is 36.4 Å². The predicted molar refractivity (Wildman–Crippen MR) is 55.2 cm³/mol. The molecule has 0 aliphatic rings. The summed E-state index contributed by atoms with van der Waals surface area (Å²) in [6, 6.07) is 11.0. The Morgan fingerprint density at radius 1 is 1.29 bits per heavy atom. The van der Waals surface area contributed by atoms with Crippen LogP contribution in [0.4, 0.5) is 0 Å². The average Bonchev–Trinajstić information content (AvgIpc) is 2.26. The van der Waals surface area contributed by atoms with Crippen molar-refractivity contribution in [2.45, 2.75) is 5.88 Å². The Kier molecular flexibility index (Phi) is 3.73. The maximum atomic E-state index is 8.58. The van der Waals surface area contributed by atoms with E-state index in [2.05, 4.69) is 0 Å². The van der Waals surface area contributed by atoms with Gasteiger partial charge in [-0.1, -0.05) is 24.3 Å². The number of allylic oxidation sites excluding steroid dienone is 1. The summed E-state index contributed by atoms with van der Waals surface area (Å²) >= 11 is 5.71. The number of hydrogen-bond acceptors (Lipinski definition) is 2. The Bertz CT molecular complexity index is 419. The van der Waals surface area contributed by atoms with Crippen LogP contribution in [0.5, 0.6) is 0 Å². The number of nitrogens with zero attached hydrogens (tertiary/aromatic N) is 2. The Hall–Kier alpha value is -1.77. The van der Waals surface area contributed by atoms with Gasteiger partial charge in [0.2, 0.25) is 0 Å². The van der Waals surface area contributed by atoms with Gasteiger partial charge >= 0.3 is 0 Å². The fourth-order valence-corrected chi connectivity index (χ4v) is 1.29. The molecule has 0 bridgehead atoms. The number of nitriles is 2. The summed E-state index contributed by atoms with van der Waals surface area (Å²) in [6.07, 6.45) is 1.54. The largest absolute Gasteiger partial charge is 0.192 e. The molecule has 0 N–H and O–H groups in total. The van der Waals surface area contributed by atoms with Crippen molar-refractivity contribution >= 4 is 17.7 Å². The maximum Gasteiger partial charge on any atom is 0.130 e. The van der Waals surface area contributed by atoms with Crippen molar-refractivity contribution in [3.8, 4) is 12.1 Å². The molecule has 0 aliphatic carbocycles. The second kappa shape index (κ2) is 5.07. The van der Waals surface area contributed by atoms with Gasteiger partial charge in [0.1, 0.15) is 17.7 Å². The molecule has 0 fully saturated rings. The van der Waals surface area contributed by atoms with Crippen molar-refractivity contribution in [3.63, 3.8) is 0 Å². The third kappa shape index (κ3) is 2.36. The molecular weight excluding hydrogens is 196 g/mol. The van der Waals surface area contributed by atoms with Gasteiger partial charge in [-0.05, 0) is 17.2 Å². The van der Waals surface area contributed by atoms with Gasteiger partial charge < -0.3 is 0 Å². The van der Waals surface area contributed by atoms with Crippen LogP contribution in [0.2, 0.25) is 0 Å². The summed E-state index contributed by atoms with van der Waals surface area (Å²) < 4.78 is 0. The molecule has 1 aromatic carbocycles. The third-order valence-electron chi connectivity index (χ3n) is 1.74. The van der Waals surface area contributed by atoms with E-state index in [-0.39, 0.29) is 5.57 Å². The van der Waals surface area contributed by atoms with E-state index in [4.69, 9.17) is 22.1 Å². The number of rotatable bonds is 2. The van der Waals surface area contributed by atoms with Gasteiger partial charge in [-0.2, -0.15) is 10.5 Å². The molecule has 0 aromatic heterocycles.